The van der Waals surface area contributed by atoms with E-state index in [1.165, 1.54) is 20.1 Å². The molecule has 2 aromatic rings. The van der Waals surface area contributed by atoms with Gasteiger partial charge in [-0.1, -0.05) is 12.1 Å². The monoisotopic (exact) mass is 258 g/mol. The summed E-state index contributed by atoms with van der Waals surface area (Å²) in [6.07, 6.45) is 2.94. The summed E-state index contributed by atoms with van der Waals surface area (Å²) in [6, 6.07) is 7.46. The van der Waals surface area contributed by atoms with Gasteiger partial charge in [0.05, 0.1) is 23.4 Å². The Kier molecular flexibility index (Phi) is 3.52. The predicted octanol–water partition coefficient (Wildman–Crippen LogP) is 0.851. The maximum Gasteiger partial charge on any atom is 0.271 e. The van der Waals surface area contributed by atoms with E-state index in [2.05, 4.69) is 20.5 Å². The molecule has 98 valence electrons. The van der Waals surface area contributed by atoms with Crippen LogP contribution in [0.25, 0.3) is 11.0 Å². The van der Waals surface area contributed by atoms with Crippen LogP contribution in [-0.2, 0) is 4.79 Å². The average molecular weight is 258 g/mol. The average Bonchev–Trinajstić information content (AvgIpc) is 2.37. The Balaban J connectivity index is 2.11. The molecule has 0 unspecified atom stereocenters. The summed E-state index contributed by atoms with van der Waals surface area (Å²) < 4.78 is 0. The molecule has 0 fully saturated rings. The molecule has 0 bridgehead atoms. The number of carbonyl (C=O) groups excluding carboxylic acids is 1. The fourth-order valence-corrected chi connectivity index (χ4v) is 1.33. The van der Waals surface area contributed by atoms with Crippen molar-refractivity contribution in [2.45, 2.75) is 19.4 Å². The standard InChI is InChI=1S/C13H14N4O2/c1-13(2,19)12(18)17-15-8-9-7-14-10-5-3-4-6-11(10)16-9/h3-8,19H,1-2H3,(H,17,18). The van der Waals surface area contributed by atoms with Gasteiger partial charge in [-0.25, -0.2) is 10.4 Å². The van der Waals surface area contributed by atoms with Gasteiger partial charge in [0.2, 0.25) is 0 Å². The Morgan fingerprint density at radius 1 is 1.37 bits per heavy atom. The summed E-state index contributed by atoms with van der Waals surface area (Å²) >= 11 is 0. The van der Waals surface area contributed by atoms with E-state index in [0.717, 1.165) is 11.0 Å². The Morgan fingerprint density at radius 2 is 2.05 bits per heavy atom. The highest BCUT2D eigenvalue weighted by molar-refractivity contribution is 5.86. The van der Waals surface area contributed by atoms with Crippen LogP contribution in [-0.4, -0.2) is 32.8 Å². The van der Waals surface area contributed by atoms with Crippen molar-refractivity contribution >= 4 is 23.2 Å². The number of para-hydroxylation sites is 2. The zero-order chi connectivity index (χ0) is 13.9. The molecule has 0 aliphatic heterocycles. The van der Waals surface area contributed by atoms with Gasteiger partial charge < -0.3 is 5.11 Å². The van der Waals surface area contributed by atoms with Crippen molar-refractivity contribution in [1.29, 1.82) is 0 Å². The summed E-state index contributed by atoms with van der Waals surface area (Å²) in [7, 11) is 0. The van der Waals surface area contributed by atoms with Crippen LogP contribution >= 0.6 is 0 Å². The number of nitrogens with zero attached hydrogens (tertiary/aromatic N) is 3. The number of hydrogen-bond donors (Lipinski definition) is 2. The van der Waals surface area contributed by atoms with E-state index in [1.54, 1.807) is 6.20 Å². The van der Waals surface area contributed by atoms with Gasteiger partial charge in [0.1, 0.15) is 11.3 Å². The largest absolute Gasteiger partial charge is 0.381 e. The lowest BCUT2D eigenvalue weighted by Gasteiger charge is -2.13. The van der Waals surface area contributed by atoms with E-state index in [4.69, 9.17) is 0 Å². The normalized spacial score (nSPS) is 11.9. The number of hydrogen-bond acceptors (Lipinski definition) is 5. The van der Waals surface area contributed by atoms with Crippen molar-refractivity contribution < 1.29 is 9.90 Å². The Morgan fingerprint density at radius 3 is 2.74 bits per heavy atom. The summed E-state index contributed by atoms with van der Waals surface area (Å²) in [6.45, 7) is 2.77. The molecular weight excluding hydrogens is 244 g/mol. The van der Waals surface area contributed by atoms with Crippen molar-refractivity contribution in [2.24, 2.45) is 5.10 Å². The molecule has 1 aromatic carbocycles. The molecule has 0 radical (unpaired) electrons. The summed E-state index contributed by atoms with van der Waals surface area (Å²) in [4.78, 5) is 19.9. The third-order valence-corrected chi connectivity index (χ3v) is 2.39. The van der Waals surface area contributed by atoms with Crippen LogP contribution in [0.2, 0.25) is 0 Å². The van der Waals surface area contributed by atoms with Gasteiger partial charge in [-0.15, -0.1) is 0 Å². The number of rotatable bonds is 3. The molecule has 1 heterocycles. The van der Waals surface area contributed by atoms with Gasteiger partial charge in [-0.05, 0) is 26.0 Å². The van der Waals surface area contributed by atoms with E-state index >= 15 is 0 Å². The topological polar surface area (TPSA) is 87.5 Å². The van der Waals surface area contributed by atoms with Gasteiger partial charge in [-0.3, -0.25) is 9.78 Å². The lowest BCUT2D eigenvalue weighted by Crippen LogP contribution is -2.39. The molecular formula is C13H14N4O2. The molecule has 0 spiro atoms. The van der Waals surface area contributed by atoms with Crippen LogP contribution in [0, 0.1) is 0 Å². The van der Waals surface area contributed by atoms with Gasteiger partial charge in [0, 0.05) is 0 Å². The first-order valence-corrected chi connectivity index (χ1v) is 5.74. The molecule has 1 amide bonds. The number of aromatic nitrogens is 2. The molecule has 1 aromatic heterocycles. The number of amides is 1. The number of hydrazone groups is 1. The van der Waals surface area contributed by atoms with Crippen molar-refractivity contribution in [1.82, 2.24) is 15.4 Å². The lowest BCUT2D eigenvalue weighted by molar-refractivity contribution is -0.136. The van der Waals surface area contributed by atoms with Crippen LogP contribution in [0.4, 0.5) is 0 Å². The summed E-state index contributed by atoms with van der Waals surface area (Å²) in [5, 5.41) is 13.1. The fraction of sp³-hybridized carbons (Fsp3) is 0.231. The SMILES string of the molecule is CC(C)(O)C(=O)NN=Cc1cnc2ccccc2n1. The van der Waals surface area contributed by atoms with E-state index in [9.17, 15) is 9.90 Å². The molecule has 6 nitrogen and oxygen atoms in total. The number of carbonyl (C=O) groups is 1. The van der Waals surface area contributed by atoms with Gasteiger partial charge in [0.15, 0.2) is 0 Å². The van der Waals surface area contributed by atoms with Crippen molar-refractivity contribution in [3.63, 3.8) is 0 Å². The van der Waals surface area contributed by atoms with Crippen LogP contribution in [0.15, 0.2) is 35.6 Å². The molecule has 0 saturated carbocycles. The number of benzene rings is 1. The Hall–Kier alpha value is -2.34. The smallest absolute Gasteiger partial charge is 0.271 e. The second-order valence-corrected chi connectivity index (χ2v) is 4.54. The minimum absolute atomic E-state index is 0.523. The zero-order valence-corrected chi connectivity index (χ0v) is 10.7. The Labute approximate surface area is 110 Å². The van der Waals surface area contributed by atoms with Crippen LogP contribution in [0.5, 0.6) is 0 Å². The first kappa shape index (κ1) is 13.1. The minimum atomic E-state index is -1.47. The number of nitrogens with one attached hydrogen (secondary N) is 1. The highest BCUT2D eigenvalue weighted by atomic mass is 16.3. The zero-order valence-electron chi connectivity index (χ0n) is 10.7. The highest BCUT2D eigenvalue weighted by Crippen LogP contribution is 2.07. The van der Waals surface area contributed by atoms with Gasteiger partial charge in [-0.2, -0.15) is 5.10 Å². The molecule has 0 saturated heterocycles. The molecule has 0 aliphatic carbocycles. The molecule has 0 aliphatic rings. The van der Waals surface area contributed by atoms with Crippen molar-refractivity contribution in [3.05, 3.63) is 36.2 Å². The molecule has 0 atom stereocenters. The molecule has 2 N–H and O–H groups in total. The lowest BCUT2D eigenvalue weighted by atomic mass is 10.1. The van der Waals surface area contributed by atoms with E-state index in [0.29, 0.717) is 5.69 Å². The molecule has 2 rings (SSSR count). The maximum absolute atomic E-state index is 11.4. The predicted molar refractivity (Wildman–Crippen MR) is 71.6 cm³/mol. The summed E-state index contributed by atoms with van der Waals surface area (Å²) in [5.41, 5.74) is 2.83. The van der Waals surface area contributed by atoms with Crippen LogP contribution < -0.4 is 5.43 Å². The third-order valence-electron chi connectivity index (χ3n) is 2.39. The van der Waals surface area contributed by atoms with Crippen LogP contribution in [0.3, 0.4) is 0 Å². The van der Waals surface area contributed by atoms with E-state index < -0.39 is 11.5 Å². The minimum Gasteiger partial charge on any atom is -0.381 e. The van der Waals surface area contributed by atoms with E-state index in [1.807, 2.05) is 24.3 Å². The Bertz CT molecular complexity index is 632. The number of aliphatic hydroxyl groups is 1. The fourth-order valence-electron chi connectivity index (χ4n) is 1.33. The first-order valence-electron chi connectivity index (χ1n) is 5.74. The summed E-state index contributed by atoms with van der Waals surface area (Å²) in [5.74, 6) is -0.586. The van der Waals surface area contributed by atoms with E-state index in [-0.39, 0.29) is 0 Å². The number of fused-ring (bicyclic) bond motifs is 1. The molecule has 6 heteroatoms. The van der Waals surface area contributed by atoms with Crippen molar-refractivity contribution in [2.75, 3.05) is 0 Å². The first-order chi connectivity index (χ1) is 8.97. The highest BCUT2D eigenvalue weighted by Gasteiger charge is 2.22. The van der Waals surface area contributed by atoms with Gasteiger partial charge >= 0.3 is 0 Å². The quantitative estimate of drug-likeness (QED) is 0.631. The second-order valence-electron chi connectivity index (χ2n) is 4.54. The van der Waals surface area contributed by atoms with Gasteiger partial charge in [0.25, 0.3) is 5.91 Å². The molecule has 19 heavy (non-hydrogen) atoms. The van der Waals surface area contributed by atoms with Crippen LogP contribution in [0.1, 0.15) is 19.5 Å². The third kappa shape index (κ3) is 3.32. The maximum atomic E-state index is 11.4. The second kappa shape index (κ2) is 5.11. The van der Waals surface area contributed by atoms with Crippen molar-refractivity contribution in [3.8, 4) is 0 Å².